The first-order valence-electron chi connectivity index (χ1n) is 5.96. The summed E-state index contributed by atoms with van der Waals surface area (Å²) in [4.78, 5) is 13.0. The molecule has 0 aromatic heterocycles. The number of hydrogen-bond donors (Lipinski definition) is 1. The Morgan fingerprint density at radius 1 is 1.39 bits per heavy atom. The van der Waals surface area contributed by atoms with Gasteiger partial charge in [-0.2, -0.15) is 0 Å². The number of primary amides is 1. The van der Waals surface area contributed by atoms with Crippen LogP contribution in [0.5, 0.6) is 11.5 Å². The molecule has 5 heteroatoms. The number of hydrogen-bond acceptors (Lipinski definition) is 4. The highest BCUT2D eigenvalue weighted by Crippen LogP contribution is 2.31. The zero-order valence-corrected chi connectivity index (χ0v) is 10.7. The van der Waals surface area contributed by atoms with E-state index in [1.54, 1.807) is 6.92 Å². The van der Waals surface area contributed by atoms with Gasteiger partial charge in [0.1, 0.15) is 13.2 Å². The summed E-state index contributed by atoms with van der Waals surface area (Å²) >= 11 is 0. The monoisotopic (exact) mass is 250 g/mol. The van der Waals surface area contributed by atoms with Crippen LogP contribution in [0.3, 0.4) is 0 Å². The van der Waals surface area contributed by atoms with E-state index in [-0.39, 0.29) is 11.9 Å². The molecule has 1 aromatic rings. The molecule has 1 aliphatic heterocycles. The van der Waals surface area contributed by atoms with E-state index >= 15 is 0 Å². The van der Waals surface area contributed by atoms with Crippen molar-refractivity contribution in [1.82, 2.24) is 4.90 Å². The lowest BCUT2D eigenvalue weighted by Crippen LogP contribution is -2.39. The zero-order chi connectivity index (χ0) is 13.1. The van der Waals surface area contributed by atoms with Crippen molar-refractivity contribution in [3.8, 4) is 11.5 Å². The normalized spacial score (nSPS) is 15.5. The van der Waals surface area contributed by atoms with Crippen molar-refractivity contribution in [2.24, 2.45) is 5.73 Å². The molecule has 2 N–H and O–H groups in total. The molecular weight excluding hydrogens is 232 g/mol. The number of likely N-dealkylation sites (N-methyl/N-ethyl adjacent to an activating group) is 1. The van der Waals surface area contributed by atoms with Crippen LogP contribution in [0, 0.1) is 0 Å². The van der Waals surface area contributed by atoms with Gasteiger partial charge in [-0.15, -0.1) is 0 Å². The van der Waals surface area contributed by atoms with Gasteiger partial charge in [0, 0.05) is 6.54 Å². The predicted octanol–water partition coefficient (Wildman–Crippen LogP) is 0.763. The Morgan fingerprint density at radius 2 is 2.06 bits per heavy atom. The van der Waals surface area contributed by atoms with E-state index in [2.05, 4.69) is 0 Å². The third kappa shape index (κ3) is 2.73. The fourth-order valence-corrected chi connectivity index (χ4v) is 1.83. The van der Waals surface area contributed by atoms with Gasteiger partial charge < -0.3 is 15.2 Å². The van der Waals surface area contributed by atoms with Crippen molar-refractivity contribution in [3.05, 3.63) is 23.8 Å². The number of carbonyl (C=O) groups excluding carboxylic acids is 1. The van der Waals surface area contributed by atoms with Gasteiger partial charge in [-0.05, 0) is 31.7 Å². The van der Waals surface area contributed by atoms with Gasteiger partial charge in [0.25, 0.3) is 0 Å². The smallest absolute Gasteiger partial charge is 0.234 e. The van der Waals surface area contributed by atoms with Crippen LogP contribution in [0.25, 0.3) is 0 Å². The molecule has 98 valence electrons. The summed E-state index contributed by atoms with van der Waals surface area (Å²) in [5, 5.41) is 0. The Hall–Kier alpha value is -1.75. The summed E-state index contributed by atoms with van der Waals surface area (Å²) in [6, 6.07) is 5.52. The maximum atomic E-state index is 11.1. The molecule has 0 radical (unpaired) electrons. The first-order valence-corrected chi connectivity index (χ1v) is 5.96. The number of nitrogens with two attached hydrogens (primary N) is 1. The summed E-state index contributed by atoms with van der Waals surface area (Å²) in [7, 11) is 1.87. The number of carbonyl (C=O) groups is 1. The van der Waals surface area contributed by atoms with Gasteiger partial charge in [-0.25, -0.2) is 0 Å². The summed E-state index contributed by atoms with van der Waals surface area (Å²) < 4.78 is 11.0. The Morgan fingerprint density at radius 3 is 2.72 bits per heavy atom. The molecule has 1 amide bonds. The number of benzene rings is 1. The second-order valence-corrected chi connectivity index (χ2v) is 4.47. The number of fused-ring (bicyclic) bond motifs is 1. The molecule has 1 aliphatic rings. The van der Waals surface area contributed by atoms with Crippen LogP contribution in [0.2, 0.25) is 0 Å². The molecule has 2 rings (SSSR count). The van der Waals surface area contributed by atoms with Crippen LogP contribution >= 0.6 is 0 Å². The maximum absolute atomic E-state index is 11.1. The largest absolute Gasteiger partial charge is 0.486 e. The van der Waals surface area contributed by atoms with Gasteiger partial charge in [0.15, 0.2) is 11.5 Å². The summed E-state index contributed by atoms with van der Waals surface area (Å²) in [6.45, 7) is 3.59. The van der Waals surface area contributed by atoms with E-state index in [4.69, 9.17) is 15.2 Å². The van der Waals surface area contributed by atoms with Gasteiger partial charge in [0.2, 0.25) is 5.91 Å². The van der Waals surface area contributed by atoms with E-state index in [0.29, 0.717) is 19.8 Å². The minimum atomic E-state index is -0.324. The topological polar surface area (TPSA) is 64.8 Å². The molecule has 0 aliphatic carbocycles. The second-order valence-electron chi connectivity index (χ2n) is 4.47. The van der Waals surface area contributed by atoms with Crippen molar-refractivity contribution < 1.29 is 14.3 Å². The molecular formula is C13H18N2O3. The highest BCUT2D eigenvalue weighted by atomic mass is 16.6. The van der Waals surface area contributed by atoms with Crippen LogP contribution in [0.1, 0.15) is 12.5 Å². The minimum absolute atomic E-state index is 0.293. The van der Waals surface area contributed by atoms with Crippen molar-refractivity contribution in [2.75, 3.05) is 20.3 Å². The van der Waals surface area contributed by atoms with Gasteiger partial charge in [-0.1, -0.05) is 6.07 Å². The Labute approximate surface area is 106 Å². The molecule has 0 saturated heterocycles. The molecule has 0 bridgehead atoms. The Bertz CT molecular complexity index is 448. The number of ether oxygens (including phenoxy) is 2. The van der Waals surface area contributed by atoms with E-state index in [9.17, 15) is 4.79 Å². The Kier molecular flexibility index (Phi) is 3.72. The molecule has 1 atom stereocenters. The van der Waals surface area contributed by atoms with Crippen molar-refractivity contribution in [3.63, 3.8) is 0 Å². The molecule has 0 saturated carbocycles. The molecule has 1 aromatic carbocycles. The summed E-state index contributed by atoms with van der Waals surface area (Å²) in [6.07, 6.45) is 0. The number of nitrogens with zero attached hydrogens (tertiary/aromatic N) is 1. The van der Waals surface area contributed by atoms with E-state index in [0.717, 1.165) is 17.1 Å². The first-order chi connectivity index (χ1) is 8.58. The van der Waals surface area contributed by atoms with Crippen LogP contribution in [-0.2, 0) is 11.3 Å². The van der Waals surface area contributed by atoms with E-state index in [1.807, 2.05) is 30.1 Å². The quantitative estimate of drug-likeness (QED) is 0.857. The van der Waals surface area contributed by atoms with Gasteiger partial charge in [0.05, 0.1) is 6.04 Å². The summed E-state index contributed by atoms with van der Waals surface area (Å²) in [5.41, 5.74) is 6.34. The fraction of sp³-hybridized carbons (Fsp3) is 0.462. The number of rotatable bonds is 4. The lowest BCUT2D eigenvalue weighted by atomic mass is 10.1. The van der Waals surface area contributed by atoms with E-state index in [1.165, 1.54) is 0 Å². The van der Waals surface area contributed by atoms with Crippen LogP contribution in [-0.4, -0.2) is 37.1 Å². The third-order valence-electron chi connectivity index (χ3n) is 3.11. The maximum Gasteiger partial charge on any atom is 0.234 e. The fourth-order valence-electron chi connectivity index (χ4n) is 1.83. The van der Waals surface area contributed by atoms with Crippen molar-refractivity contribution in [1.29, 1.82) is 0 Å². The van der Waals surface area contributed by atoms with Crippen LogP contribution in [0.15, 0.2) is 18.2 Å². The second kappa shape index (κ2) is 5.27. The van der Waals surface area contributed by atoms with Gasteiger partial charge >= 0.3 is 0 Å². The SMILES string of the molecule is C[C@H](C(N)=O)N(C)Cc1ccc2c(c1)OCCO2. The predicted molar refractivity (Wildman–Crippen MR) is 67.6 cm³/mol. The minimum Gasteiger partial charge on any atom is -0.486 e. The lowest BCUT2D eigenvalue weighted by Gasteiger charge is -2.23. The molecule has 0 unspecified atom stereocenters. The van der Waals surface area contributed by atoms with E-state index < -0.39 is 0 Å². The average Bonchev–Trinajstić information content (AvgIpc) is 2.37. The van der Waals surface area contributed by atoms with Crippen LogP contribution < -0.4 is 15.2 Å². The molecule has 1 heterocycles. The molecule has 5 nitrogen and oxygen atoms in total. The lowest BCUT2D eigenvalue weighted by molar-refractivity contribution is -0.122. The standard InChI is InChI=1S/C13H18N2O3/c1-9(13(14)16)15(2)8-10-3-4-11-12(7-10)18-6-5-17-11/h3-4,7,9H,5-6,8H2,1-2H3,(H2,14,16)/t9-/m1/s1. The average molecular weight is 250 g/mol. The highest BCUT2D eigenvalue weighted by molar-refractivity contribution is 5.79. The van der Waals surface area contributed by atoms with Gasteiger partial charge in [-0.3, -0.25) is 9.69 Å². The molecule has 18 heavy (non-hydrogen) atoms. The summed E-state index contributed by atoms with van der Waals surface area (Å²) in [5.74, 6) is 1.21. The zero-order valence-electron chi connectivity index (χ0n) is 10.7. The first kappa shape index (κ1) is 12.7. The third-order valence-corrected chi connectivity index (χ3v) is 3.11. The van der Waals surface area contributed by atoms with Crippen LogP contribution in [0.4, 0.5) is 0 Å². The van der Waals surface area contributed by atoms with Crippen molar-refractivity contribution in [2.45, 2.75) is 19.5 Å². The number of amides is 1. The molecule has 0 spiro atoms. The highest BCUT2D eigenvalue weighted by Gasteiger charge is 2.17. The molecule has 0 fully saturated rings. The van der Waals surface area contributed by atoms with Crippen molar-refractivity contribution >= 4 is 5.91 Å². The Balaban J connectivity index is 2.08.